The van der Waals surface area contributed by atoms with E-state index in [1.165, 1.54) is 12.0 Å². The van der Waals surface area contributed by atoms with Gasteiger partial charge in [-0.3, -0.25) is 0 Å². The first-order valence-electron chi connectivity index (χ1n) is 5.58. The van der Waals surface area contributed by atoms with Crippen LogP contribution in [0.4, 0.5) is 0 Å². The highest BCUT2D eigenvalue weighted by atomic mass is 32.2. The van der Waals surface area contributed by atoms with Crippen molar-refractivity contribution in [1.82, 2.24) is 0 Å². The Balaban J connectivity index is 2.34. The van der Waals surface area contributed by atoms with Gasteiger partial charge >= 0.3 is 0 Å². The standard InChI is InChI=1S/C13H21NS/c1-11(2)8-13(9-14)15-10-12-6-4-3-5-7-12/h3-7,11,13H,8-10,14H2,1-2H3/t13-/m0/s1. The highest BCUT2D eigenvalue weighted by Gasteiger charge is 2.09. The van der Waals surface area contributed by atoms with Crippen molar-refractivity contribution < 1.29 is 0 Å². The van der Waals surface area contributed by atoms with Gasteiger partial charge in [-0.2, -0.15) is 11.8 Å². The van der Waals surface area contributed by atoms with Crippen LogP contribution in [0, 0.1) is 5.92 Å². The molecule has 1 aromatic rings. The smallest absolute Gasteiger partial charge is 0.0187 e. The van der Waals surface area contributed by atoms with E-state index in [2.05, 4.69) is 44.2 Å². The molecule has 84 valence electrons. The highest BCUT2D eigenvalue weighted by molar-refractivity contribution is 7.99. The van der Waals surface area contributed by atoms with Crippen LogP contribution in [-0.2, 0) is 5.75 Å². The average molecular weight is 223 g/mol. The second kappa shape index (κ2) is 6.91. The average Bonchev–Trinajstić information content (AvgIpc) is 2.25. The van der Waals surface area contributed by atoms with Crippen molar-refractivity contribution in [2.24, 2.45) is 11.7 Å². The van der Waals surface area contributed by atoms with Gasteiger partial charge in [0, 0.05) is 17.5 Å². The van der Waals surface area contributed by atoms with Crippen molar-refractivity contribution in [2.45, 2.75) is 31.3 Å². The van der Waals surface area contributed by atoms with Gasteiger partial charge < -0.3 is 5.73 Å². The van der Waals surface area contributed by atoms with Gasteiger partial charge in [0.05, 0.1) is 0 Å². The van der Waals surface area contributed by atoms with Gasteiger partial charge in [-0.1, -0.05) is 44.2 Å². The van der Waals surface area contributed by atoms with E-state index in [-0.39, 0.29) is 0 Å². The van der Waals surface area contributed by atoms with Crippen LogP contribution in [0.1, 0.15) is 25.8 Å². The number of thioether (sulfide) groups is 1. The van der Waals surface area contributed by atoms with Gasteiger partial charge in [-0.05, 0) is 17.9 Å². The lowest BCUT2D eigenvalue weighted by atomic mass is 10.1. The monoisotopic (exact) mass is 223 g/mol. The van der Waals surface area contributed by atoms with Crippen LogP contribution >= 0.6 is 11.8 Å². The van der Waals surface area contributed by atoms with Crippen molar-refractivity contribution in [1.29, 1.82) is 0 Å². The Morgan fingerprint density at radius 2 is 1.87 bits per heavy atom. The zero-order chi connectivity index (χ0) is 11.1. The maximum atomic E-state index is 5.76. The van der Waals surface area contributed by atoms with Crippen LogP contribution in [-0.4, -0.2) is 11.8 Å². The lowest BCUT2D eigenvalue weighted by Crippen LogP contribution is -2.19. The second-order valence-corrected chi connectivity index (χ2v) is 5.57. The Kier molecular flexibility index (Phi) is 5.81. The predicted octanol–water partition coefficient (Wildman–Crippen LogP) is 3.29. The molecule has 0 fully saturated rings. The summed E-state index contributed by atoms with van der Waals surface area (Å²) in [4.78, 5) is 0. The van der Waals surface area contributed by atoms with E-state index in [1.54, 1.807) is 0 Å². The first kappa shape index (κ1) is 12.6. The summed E-state index contributed by atoms with van der Waals surface area (Å²) in [5, 5.41) is 0.602. The third kappa shape index (κ3) is 5.24. The van der Waals surface area contributed by atoms with Crippen molar-refractivity contribution in [3.63, 3.8) is 0 Å². The minimum atomic E-state index is 0.602. The van der Waals surface area contributed by atoms with E-state index < -0.39 is 0 Å². The molecule has 1 rings (SSSR count). The number of nitrogens with two attached hydrogens (primary N) is 1. The third-order valence-corrected chi connectivity index (χ3v) is 3.68. The van der Waals surface area contributed by atoms with Crippen LogP contribution in [0.25, 0.3) is 0 Å². The molecule has 2 N–H and O–H groups in total. The summed E-state index contributed by atoms with van der Waals surface area (Å²) in [5.41, 5.74) is 7.16. The first-order valence-corrected chi connectivity index (χ1v) is 6.63. The molecular weight excluding hydrogens is 202 g/mol. The molecule has 0 saturated carbocycles. The van der Waals surface area contributed by atoms with E-state index >= 15 is 0 Å². The van der Waals surface area contributed by atoms with Crippen LogP contribution in [0.5, 0.6) is 0 Å². The molecule has 0 aliphatic heterocycles. The van der Waals surface area contributed by atoms with Gasteiger partial charge in [0.15, 0.2) is 0 Å². The van der Waals surface area contributed by atoms with Crippen molar-refractivity contribution in [3.8, 4) is 0 Å². The summed E-state index contributed by atoms with van der Waals surface area (Å²) in [6, 6.07) is 10.6. The van der Waals surface area contributed by atoms with E-state index in [1.807, 2.05) is 11.8 Å². The molecule has 2 heteroatoms. The molecule has 0 heterocycles. The number of rotatable bonds is 6. The number of benzene rings is 1. The Labute approximate surface area is 97.4 Å². The first-order chi connectivity index (χ1) is 7.22. The maximum absolute atomic E-state index is 5.76. The molecule has 0 aliphatic carbocycles. The normalized spacial score (nSPS) is 13.1. The zero-order valence-corrected chi connectivity index (χ0v) is 10.5. The van der Waals surface area contributed by atoms with Crippen LogP contribution in [0.2, 0.25) is 0 Å². The Morgan fingerprint density at radius 1 is 1.20 bits per heavy atom. The van der Waals surface area contributed by atoms with Crippen molar-refractivity contribution in [2.75, 3.05) is 6.54 Å². The highest BCUT2D eigenvalue weighted by Crippen LogP contribution is 2.22. The molecule has 1 aromatic carbocycles. The van der Waals surface area contributed by atoms with Crippen molar-refractivity contribution >= 4 is 11.8 Å². The van der Waals surface area contributed by atoms with Gasteiger partial charge in [0.1, 0.15) is 0 Å². The fraction of sp³-hybridized carbons (Fsp3) is 0.538. The van der Waals surface area contributed by atoms with Crippen LogP contribution < -0.4 is 5.73 Å². The molecular formula is C13H21NS. The summed E-state index contributed by atoms with van der Waals surface area (Å²) in [5.74, 6) is 1.82. The molecule has 0 amide bonds. The minimum Gasteiger partial charge on any atom is -0.329 e. The van der Waals surface area contributed by atoms with Gasteiger partial charge in [-0.15, -0.1) is 0 Å². The van der Waals surface area contributed by atoms with Crippen LogP contribution in [0.3, 0.4) is 0 Å². The quantitative estimate of drug-likeness (QED) is 0.801. The predicted molar refractivity (Wildman–Crippen MR) is 70.0 cm³/mol. The second-order valence-electron chi connectivity index (χ2n) is 4.28. The molecule has 0 saturated heterocycles. The summed E-state index contributed by atoms with van der Waals surface area (Å²) in [6.07, 6.45) is 1.22. The van der Waals surface area contributed by atoms with E-state index in [0.717, 1.165) is 18.2 Å². The molecule has 1 nitrogen and oxygen atoms in total. The van der Waals surface area contributed by atoms with Crippen LogP contribution in [0.15, 0.2) is 30.3 Å². The Bertz CT molecular complexity index is 258. The third-order valence-electron chi connectivity index (χ3n) is 2.33. The summed E-state index contributed by atoms with van der Waals surface area (Å²) >= 11 is 1.98. The molecule has 15 heavy (non-hydrogen) atoms. The summed E-state index contributed by atoms with van der Waals surface area (Å²) in [7, 11) is 0. The Morgan fingerprint density at radius 3 is 2.40 bits per heavy atom. The Hall–Kier alpha value is -0.470. The largest absolute Gasteiger partial charge is 0.329 e. The topological polar surface area (TPSA) is 26.0 Å². The molecule has 0 radical (unpaired) electrons. The molecule has 0 unspecified atom stereocenters. The van der Waals surface area contributed by atoms with E-state index in [9.17, 15) is 0 Å². The lowest BCUT2D eigenvalue weighted by molar-refractivity contribution is 0.571. The number of hydrogen-bond donors (Lipinski definition) is 1. The lowest BCUT2D eigenvalue weighted by Gasteiger charge is -2.16. The van der Waals surface area contributed by atoms with Gasteiger partial charge in [-0.25, -0.2) is 0 Å². The van der Waals surface area contributed by atoms with Gasteiger partial charge in [0.25, 0.3) is 0 Å². The summed E-state index contributed by atoms with van der Waals surface area (Å²) in [6.45, 7) is 5.30. The zero-order valence-electron chi connectivity index (χ0n) is 9.65. The molecule has 0 aliphatic rings. The molecule has 1 atom stereocenters. The van der Waals surface area contributed by atoms with Gasteiger partial charge in [0.2, 0.25) is 0 Å². The van der Waals surface area contributed by atoms with E-state index in [4.69, 9.17) is 5.73 Å². The molecule has 0 aromatic heterocycles. The fourth-order valence-electron chi connectivity index (χ4n) is 1.55. The number of hydrogen-bond acceptors (Lipinski definition) is 2. The fourth-order valence-corrected chi connectivity index (χ4v) is 2.82. The molecule has 0 bridgehead atoms. The summed E-state index contributed by atoms with van der Waals surface area (Å²) < 4.78 is 0. The van der Waals surface area contributed by atoms with Crippen molar-refractivity contribution in [3.05, 3.63) is 35.9 Å². The SMILES string of the molecule is CC(C)C[C@@H](CN)SCc1ccccc1. The maximum Gasteiger partial charge on any atom is 0.0187 e. The minimum absolute atomic E-state index is 0.602. The molecule has 0 spiro atoms. The van der Waals surface area contributed by atoms with E-state index in [0.29, 0.717) is 5.25 Å².